The van der Waals surface area contributed by atoms with E-state index < -0.39 is 0 Å². The smallest absolute Gasteiger partial charge is 0.275 e. The third-order valence-corrected chi connectivity index (χ3v) is 3.06. The number of nitrogens with two attached hydrogens (primary N) is 1. The monoisotopic (exact) mass is 251 g/mol. The summed E-state index contributed by atoms with van der Waals surface area (Å²) >= 11 is 0. The number of aryl methyl sites for hydroxylation is 1. The fourth-order valence-electron chi connectivity index (χ4n) is 2.09. The van der Waals surface area contributed by atoms with Crippen LogP contribution in [-0.4, -0.2) is 11.6 Å². The lowest BCUT2D eigenvalue weighted by atomic mass is 10.1. The summed E-state index contributed by atoms with van der Waals surface area (Å²) in [7, 11) is 0. The average Bonchev–Trinajstić information content (AvgIpc) is 2.69. The van der Waals surface area contributed by atoms with E-state index in [0.717, 1.165) is 16.8 Å². The zero-order chi connectivity index (χ0) is 13.4. The van der Waals surface area contributed by atoms with Crippen LogP contribution in [0.25, 0.3) is 0 Å². The molecule has 0 spiro atoms. The van der Waals surface area contributed by atoms with Crippen molar-refractivity contribution in [2.24, 2.45) is 4.99 Å². The van der Waals surface area contributed by atoms with Crippen LogP contribution in [0.5, 0.6) is 0 Å². The Morgan fingerprint density at radius 1 is 1.16 bits per heavy atom. The Bertz CT molecular complexity index is 704. The Morgan fingerprint density at radius 2 is 1.95 bits per heavy atom. The molecule has 19 heavy (non-hydrogen) atoms. The van der Waals surface area contributed by atoms with E-state index in [0.29, 0.717) is 17.1 Å². The van der Waals surface area contributed by atoms with Gasteiger partial charge in [0.05, 0.1) is 17.1 Å². The molecule has 0 saturated carbocycles. The largest absolute Gasteiger partial charge is 0.397 e. The van der Waals surface area contributed by atoms with Crippen LogP contribution in [0.2, 0.25) is 0 Å². The van der Waals surface area contributed by atoms with Crippen molar-refractivity contribution in [1.82, 2.24) is 0 Å². The second kappa shape index (κ2) is 4.24. The highest BCUT2D eigenvalue weighted by Crippen LogP contribution is 2.28. The van der Waals surface area contributed by atoms with Crippen LogP contribution in [0.1, 0.15) is 11.1 Å². The molecule has 1 aliphatic heterocycles. The van der Waals surface area contributed by atoms with Crippen molar-refractivity contribution in [2.45, 2.75) is 6.92 Å². The minimum absolute atomic E-state index is 0.191. The molecule has 3 rings (SSSR count). The maximum absolute atomic E-state index is 12.0. The summed E-state index contributed by atoms with van der Waals surface area (Å²) in [6.07, 6.45) is 0. The van der Waals surface area contributed by atoms with Crippen LogP contribution in [0.15, 0.2) is 47.5 Å². The van der Waals surface area contributed by atoms with Crippen molar-refractivity contribution < 1.29 is 4.79 Å². The number of rotatable bonds is 1. The molecule has 0 unspecified atom stereocenters. The number of anilines is 2. The predicted octanol–water partition coefficient (Wildman–Crippen LogP) is 2.65. The summed E-state index contributed by atoms with van der Waals surface area (Å²) in [5, 5.41) is 2.80. The maximum atomic E-state index is 12.0. The number of amides is 1. The summed E-state index contributed by atoms with van der Waals surface area (Å²) in [4.78, 5) is 16.4. The lowest BCUT2D eigenvalue weighted by Crippen LogP contribution is -2.14. The first kappa shape index (κ1) is 11.5. The lowest BCUT2D eigenvalue weighted by molar-refractivity contribution is -0.110. The number of nitrogens with one attached hydrogen (secondary N) is 1. The number of benzene rings is 2. The van der Waals surface area contributed by atoms with E-state index in [4.69, 9.17) is 5.73 Å². The summed E-state index contributed by atoms with van der Waals surface area (Å²) in [6, 6.07) is 13.0. The van der Waals surface area contributed by atoms with Crippen molar-refractivity contribution in [3.05, 3.63) is 53.6 Å². The zero-order valence-corrected chi connectivity index (χ0v) is 10.5. The quantitative estimate of drug-likeness (QED) is 0.765. The second-order valence-corrected chi connectivity index (χ2v) is 4.52. The number of nitrogen functional groups attached to an aromatic ring is 1. The van der Waals surface area contributed by atoms with E-state index >= 15 is 0 Å². The van der Waals surface area contributed by atoms with Crippen molar-refractivity contribution in [3.63, 3.8) is 0 Å². The molecule has 0 saturated heterocycles. The maximum Gasteiger partial charge on any atom is 0.275 e. The third-order valence-electron chi connectivity index (χ3n) is 3.06. The van der Waals surface area contributed by atoms with E-state index in [9.17, 15) is 4.79 Å². The summed E-state index contributed by atoms with van der Waals surface area (Å²) in [5.41, 5.74) is 10.2. The van der Waals surface area contributed by atoms with Crippen LogP contribution in [-0.2, 0) is 4.79 Å². The molecule has 4 nitrogen and oxygen atoms in total. The highest BCUT2D eigenvalue weighted by Gasteiger charge is 2.25. The molecule has 2 aromatic carbocycles. The Labute approximate surface area is 111 Å². The van der Waals surface area contributed by atoms with Gasteiger partial charge in [0, 0.05) is 5.56 Å². The van der Waals surface area contributed by atoms with Gasteiger partial charge in [-0.05, 0) is 31.2 Å². The van der Waals surface area contributed by atoms with E-state index in [-0.39, 0.29) is 5.91 Å². The van der Waals surface area contributed by atoms with E-state index in [1.807, 2.05) is 37.3 Å². The van der Waals surface area contributed by atoms with Gasteiger partial charge < -0.3 is 11.1 Å². The molecule has 0 atom stereocenters. The zero-order valence-electron chi connectivity index (χ0n) is 10.5. The first-order valence-corrected chi connectivity index (χ1v) is 6.01. The minimum Gasteiger partial charge on any atom is -0.397 e. The number of carbonyl (C=O) groups excluding carboxylic acids is 1. The molecule has 0 radical (unpaired) electrons. The van der Waals surface area contributed by atoms with Crippen molar-refractivity contribution in [1.29, 1.82) is 0 Å². The highest BCUT2D eigenvalue weighted by atomic mass is 16.2. The fraction of sp³-hybridized carbons (Fsp3) is 0.0667. The van der Waals surface area contributed by atoms with E-state index in [2.05, 4.69) is 10.3 Å². The normalized spacial score (nSPS) is 15.4. The number of aliphatic imine (C=N–C) groups is 1. The van der Waals surface area contributed by atoms with Gasteiger partial charge >= 0.3 is 0 Å². The molecule has 0 bridgehead atoms. The van der Waals surface area contributed by atoms with Gasteiger partial charge in [0.1, 0.15) is 5.71 Å². The summed E-state index contributed by atoms with van der Waals surface area (Å²) in [6.45, 7) is 1.98. The Morgan fingerprint density at radius 3 is 2.74 bits per heavy atom. The Hall–Kier alpha value is -2.62. The van der Waals surface area contributed by atoms with Crippen molar-refractivity contribution in [2.75, 3.05) is 11.1 Å². The van der Waals surface area contributed by atoms with Crippen molar-refractivity contribution >= 4 is 28.7 Å². The van der Waals surface area contributed by atoms with Gasteiger partial charge in [0.2, 0.25) is 0 Å². The molecule has 1 aliphatic rings. The van der Waals surface area contributed by atoms with Crippen LogP contribution in [0.4, 0.5) is 17.1 Å². The molecule has 0 fully saturated rings. The molecule has 4 heteroatoms. The van der Waals surface area contributed by atoms with Gasteiger partial charge in [-0.1, -0.05) is 23.8 Å². The number of carbonyl (C=O) groups is 1. The SMILES string of the molecule is Cc1ccc2c(c1)C(=Nc1ccccc1N)C(=O)N2. The van der Waals surface area contributed by atoms with Gasteiger partial charge in [-0.15, -0.1) is 0 Å². The molecule has 1 heterocycles. The van der Waals surface area contributed by atoms with Crippen LogP contribution >= 0.6 is 0 Å². The summed E-state index contributed by atoms with van der Waals surface area (Å²) in [5.74, 6) is -0.191. The molecule has 94 valence electrons. The fourth-order valence-corrected chi connectivity index (χ4v) is 2.09. The van der Waals surface area contributed by atoms with Crippen LogP contribution < -0.4 is 11.1 Å². The molecular weight excluding hydrogens is 238 g/mol. The first-order chi connectivity index (χ1) is 9.15. The standard InChI is InChI=1S/C15H13N3O/c1-9-6-7-12-10(8-9)14(15(19)18-12)17-13-5-3-2-4-11(13)16/h2-8H,16H2,1H3,(H,17,18,19). The van der Waals surface area contributed by atoms with E-state index in [1.165, 1.54) is 0 Å². The van der Waals surface area contributed by atoms with Gasteiger partial charge in [-0.3, -0.25) is 4.79 Å². The second-order valence-electron chi connectivity index (χ2n) is 4.52. The predicted molar refractivity (Wildman–Crippen MR) is 76.9 cm³/mol. The number of hydrogen-bond donors (Lipinski definition) is 2. The van der Waals surface area contributed by atoms with Gasteiger partial charge in [-0.25, -0.2) is 4.99 Å². The molecule has 1 amide bonds. The van der Waals surface area contributed by atoms with Gasteiger partial charge in [0.15, 0.2) is 0 Å². The molecule has 2 aromatic rings. The Kier molecular flexibility index (Phi) is 2.56. The Balaban J connectivity index is 2.14. The van der Waals surface area contributed by atoms with E-state index in [1.54, 1.807) is 12.1 Å². The average molecular weight is 251 g/mol. The molecule has 0 aliphatic carbocycles. The number of para-hydroxylation sites is 2. The van der Waals surface area contributed by atoms with Crippen LogP contribution in [0, 0.1) is 6.92 Å². The van der Waals surface area contributed by atoms with Crippen LogP contribution in [0.3, 0.4) is 0 Å². The number of nitrogens with zero attached hydrogens (tertiary/aromatic N) is 1. The van der Waals surface area contributed by atoms with Gasteiger partial charge in [0.25, 0.3) is 5.91 Å². The molecular formula is C15H13N3O. The molecule has 0 aromatic heterocycles. The summed E-state index contributed by atoms with van der Waals surface area (Å²) < 4.78 is 0. The first-order valence-electron chi connectivity index (χ1n) is 6.01. The number of fused-ring (bicyclic) bond motifs is 1. The lowest BCUT2D eigenvalue weighted by Gasteiger charge is -2.01. The number of hydrogen-bond acceptors (Lipinski definition) is 3. The highest BCUT2D eigenvalue weighted by molar-refractivity contribution is 6.54. The van der Waals surface area contributed by atoms with Gasteiger partial charge in [-0.2, -0.15) is 0 Å². The van der Waals surface area contributed by atoms with Crippen molar-refractivity contribution in [3.8, 4) is 0 Å². The minimum atomic E-state index is -0.191. The topological polar surface area (TPSA) is 67.5 Å². The molecule has 3 N–H and O–H groups in total. The third kappa shape index (κ3) is 1.97.